The molecule has 8 nitrogen and oxygen atoms in total. The Morgan fingerprint density at radius 3 is 2.04 bits per heavy atom. The van der Waals surface area contributed by atoms with Gasteiger partial charge in [-0.05, 0) is 45.7 Å². The van der Waals surface area contributed by atoms with Crippen molar-refractivity contribution in [3.05, 3.63) is 53.6 Å². The normalized spacial score (nSPS) is 11.9. The highest BCUT2D eigenvalue weighted by Gasteiger charge is 2.24. The lowest BCUT2D eigenvalue weighted by atomic mass is 9.94. The van der Waals surface area contributed by atoms with Gasteiger partial charge in [0.2, 0.25) is 0 Å². The van der Waals surface area contributed by atoms with Crippen LogP contribution >= 0.6 is 0 Å². The number of methoxy groups -OCH3 is 1. The van der Waals surface area contributed by atoms with E-state index in [1.165, 1.54) is 37.4 Å². The second kappa shape index (κ2) is 6.44. The molecule has 0 saturated heterocycles. The number of rotatable bonds is 5. The molecule has 2 N–H and O–H groups in total. The Morgan fingerprint density at radius 1 is 0.880 bits per heavy atom. The molecular formula is C17H12N2O6. The highest BCUT2D eigenvalue weighted by Crippen LogP contribution is 2.29. The molecule has 0 aliphatic carbocycles. The quantitative estimate of drug-likeness (QED) is 0.536. The number of carboxylic acids is 2. The van der Waals surface area contributed by atoms with Gasteiger partial charge < -0.3 is 14.9 Å². The van der Waals surface area contributed by atoms with Gasteiger partial charge in [-0.3, -0.25) is 0 Å². The first-order valence-corrected chi connectivity index (χ1v) is 7.09. The lowest BCUT2D eigenvalue weighted by Gasteiger charge is -2.10. The molecule has 3 rings (SSSR count). The number of aromatic nitrogens is 2. The second-order valence-corrected chi connectivity index (χ2v) is 5.06. The Kier molecular flexibility index (Phi) is 4.17. The highest BCUT2D eigenvalue weighted by atomic mass is 16.6. The third-order valence-corrected chi connectivity index (χ3v) is 3.60. The number of fused-ring (bicyclic) bond motifs is 1. The predicted octanol–water partition coefficient (Wildman–Crippen LogP) is 2.31. The SMILES string of the molecule is COc1ccc(C(C(=O)O)=C(C(=O)O)c2ccc3nonc3c2)cc1. The zero-order chi connectivity index (χ0) is 18.0. The van der Waals surface area contributed by atoms with Crippen LogP contribution in [0.4, 0.5) is 0 Å². The zero-order valence-corrected chi connectivity index (χ0v) is 13.0. The summed E-state index contributed by atoms with van der Waals surface area (Å²) in [6.45, 7) is 0. The van der Waals surface area contributed by atoms with Gasteiger partial charge >= 0.3 is 11.9 Å². The maximum atomic E-state index is 11.8. The fraction of sp³-hybridized carbons (Fsp3) is 0.0588. The molecule has 0 radical (unpaired) electrons. The number of hydrogen-bond donors (Lipinski definition) is 2. The van der Waals surface area contributed by atoms with Crippen molar-refractivity contribution in [2.75, 3.05) is 7.11 Å². The summed E-state index contributed by atoms with van der Waals surface area (Å²) in [5.41, 5.74) is 0.493. The van der Waals surface area contributed by atoms with Crippen LogP contribution in [0.1, 0.15) is 11.1 Å². The lowest BCUT2D eigenvalue weighted by Crippen LogP contribution is -2.10. The van der Waals surface area contributed by atoms with Crippen molar-refractivity contribution in [2.24, 2.45) is 0 Å². The summed E-state index contributed by atoms with van der Waals surface area (Å²) in [4.78, 5) is 23.6. The molecule has 8 heteroatoms. The van der Waals surface area contributed by atoms with Gasteiger partial charge in [0.25, 0.3) is 0 Å². The van der Waals surface area contributed by atoms with Crippen molar-refractivity contribution in [3.8, 4) is 5.75 Å². The first kappa shape index (κ1) is 16.2. The Morgan fingerprint density at radius 2 is 1.44 bits per heavy atom. The monoisotopic (exact) mass is 340 g/mol. The van der Waals surface area contributed by atoms with Gasteiger partial charge in [0.1, 0.15) is 16.8 Å². The lowest BCUT2D eigenvalue weighted by molar-refractivity contribution is -0.132. The van der Waals surface area contributed by atoms with Crippen molar-refractivity contribution >= 4 is 34.1 Å². The standard InChI is InChI=1S/C17H12N2O6/c1-24-11-5-2-9(3-6-11)14(16(20)21)15(17(22)23)10-4-7-12-13(8-10)19-25-18-12/h2-8H,1H3,(H,20,21)(H,22,23). The summed E-state index contributed by atoms with van der Waals surface area (Å²) in [6.07, 6.45) is 0. The zero-order valence-electron chi connectivity index (χ0n) is 13.0. The van der Waals surface area contributed by atoms with Crippen LogP contribution in [0.25, 0.3) is 22.2 Å². The molecule has 0 amide bonds. The number of nitrogens with zero attached hydrogens (tertiary/aromatic N) is 2. The van der Waals surface area contributed by atoms with Gasteiger partial charge in [-0.15, -0.1) is 0 Å². The van der Waals surface area contributed by atoms with Crippen LogP contribution in [0.3, 0.4) is 0 Å². The van der Waals surface area contributed by atoms with Crippen molar-refractivity contribution in [1.82, 2.24) is 10.3 Å². The summed E-state index contributed by atoms with van der Waals surface area (Å²) in [7, 11) is 1.48. The molecule has 0 aliphatic heterocycles. The summed E-state index contributed by atoms with van der Waals surface area (Å²) in [5, 5.41) is 26.5. The Hall–Kier alpha value is -3.68. The molecule has 3 aromatic rings. The van der Waals surface area contributed by atoms with Crippen LogP contribution in [-0.4, -0.2) is 39.6 Å². The molecule has 1 heterocycles. The van der Waals surface area contributed by atoms with Crippen LogP contribution in [0, 0.1) is 0 Å². The van der Waals surface area contributed by atoms with Gasteiger partial charge in [0, 0.05) is 0 Å². The first-order chi connectivity index (χ1) is 12.0. The number of hydrogen-bond acceptors (Lipinski definition) is 6. The highest BCUT2D eigenvalue weighted by molar-refractivity contribution is 6.36. The Bertz CT molecular complexity index is 988. The van der Waals surface area contributed by atoms with E-state index in [4.69, 9.17) is 4.74 Å². The van der Waals surface area contributed by atoms with E-state index in [2.05, 4.69) is 14.9 Å². The maximum absolute atomic E-state index is 11.8. The van der Waals surface area contributed by atoms with E-state index in [0.717, 1.165) is 0 Å². The van der Waals surface area contributed by atoms with Crippen LogP contribution in [-0.2, 0) is 9.59 Å². The molecule has 0 bridgehead atoms. The molecule has 2 aromatic carbocycles. The average molecular weight is 340 g/mol. The van der Waals surface area contributed by atoms with E-state index in [1.807, 2.05) is 0 Å². The number of carboxylic acid groups (broad SMARTS) is 2. The maximum Gasteiger partial charge on any atom is 0.337 e. The van der Waals surface area contributed by atoms with Gasteiger partial charge in [0.15, 0.2) is 0 Å². The number of carbonyl (C=O) groups is 2. The minimum atomic E-state index is -1.37. The van der Waals surface area contributed by atoms with Crippen molar-refractivity contribution < 1.29 is 29.2 Å². The molecule has 0 aliphatic rings. The van der Waals surface area contributed by atoms with Crippen molar-refractivity contribution in [2.45, 2.75) is 0 Å². The van der Waals surface area contributed by atoms with Gasteiger partial charge in [-0.2, -0.15) is 0 Å². The summed E-state index contributed by atoms with van der Waals surface area (Å²) >= 11 is 0. The van der Waals surface area contributed by atoms with Crippen molar-refractivity contribution in [1.29, 1.82) is 0 Å². The van der Waals surface area contributed by atoms with E-state index in [1.54, 1.807) is 12.1 Å². The second-order valence-electron chi connectivity index (χ2n) is 5.06. The molecule has 25 heavy (non-hydrogen) atoms. The predicted molar refractivity (Wildman–Crippen MR) is 86.9 cm³/mol. The van der Waals surface area contributed by atoms with E-state index in [9.17, 15) is 19.8 Å². The summed E-state index contributed by atoms with van der Waals surface area (Å²) in [5.74, 6) is -2.20. The van der Waals surface area contributed by atoms with Gasteiger partial charge in [0.05, 0.1) is 18.3 Å². The third kappa shape index (κ3) is 3.05. The van der Waals surface area contributed by atoms with Crippen LogP contribution in [0.15, 0.2) is 47.1 Å². The minimum absolute atomic E-state index is 0.184. The Balaban J connectivity index is 2.24. The smallest absolute Gasteiger partial charge is 0.337 e. The fourth-order valence-corrected chi connectivity index (χ4v) is 2.44. The molecular weight excluding hydrogens is 328 g/mol. The van der Waals surface area contributed by atoms with Gasteiger partial charge in [-0.25, -0.2) is 14.2 Å². The molecule has 126 valence electrons. The molecule has 0 fully saturated rings. The molecule has 0 saturated carbocycles. The van der Waals surface area contributed by atoms with Crippen LogP contribution in [0.5, 0.6) is 5.75 Å². The first-order valence-electron chi connectivity index (χ1n) is 7.09. The van der Waals surface area contributed by atoms with E-state index in [-0.39, 0.29) is 22.3 Å². The number of ether oxygens (including phenoxy) is 1. The number of benzene rings is 2. The third-order valence-electron chi connectivity index (χ3n) is 3.60. The molecule has 0 spiro atoms. The largest absolute Gasteiger partial charge is 0.497 e. The minimum Gasteiger partial charge on any atom is -0.497 e. The number of aliphatic carboxylic acids is 2. The van der Waals surface area contributed by atoms with E-state index < -0.39 is 11.9 Å². The van der Waals surface area contributed by atoms with E-state index in [0.29, 0.717) is 16.8 Å². The van der Waals surface area contributed by atoms with Crippen LogP contribution < -0.4 is 4.74 Å². The Labute approximate surface area is 140 Å². The average Bonchev–Trinajstić information content (AvgIpc) is 3.06. The molecule has 1 aromatic heterocycles. The summed E-state index contributed by atoms with van der Waals surface area (Å²) in [6, 6.07) is 10.5. The molecule has 0 atom stereocenters. The van der Waals surface area contributed by atoms with E-state index >= 15 is 0 Å². The van der Waals surface area contributed by atoms with Crippen LogP contribution in [0.2, 0.25) is 0 Å². The summed E-state index contributed by atoms with van der Waals surface area (Å²) < 4.78 is 9.62. The molecule has 0 unspecified atom stereocenters. The fourth-order valence-electron chi connectivity index (χ4n) is 2.44. The van der Waals surface area contributed by atoms with Gasteiger partial charge in [-0.1, -0.05) is 18.2 Å². The topological polar surface area (TPSA) is 123 Å². The van der Waals surface area contributed by atoms with Crippen molar-refractivity contribution in [3.63, 3.8) is 0 Å².